The van der Waals surface area contributed by atoms with Gasteiger partial charge in [-0.3, -0.25) is 4.79 Å². The molecule has 1 fully saturated rings. The molecule has 0 bridgehead atoms. The Morgan fingerprint density at radius 3 is 2.89 bits per heavy atom. The Bertz CT molecular complexity index is 436. The zero-order valence-electron chi connectivity index (χ0n) is 11.5. The number of carbonyl (C=O) groups excluding carboxylic acids is 1. The van der Waals surface area contributed by atoms with E-state index in [1.807, 2.05) is 11.9 Å². The van der Waals surface area contributed by atoms with Crippen LogP contribution in [-0.4, -0.2) is 37.0 Å². The third-order valence-electron chi connectivity index (χ3n) is 3.82. The van der Waals surface area contributed by atoms with Gasteiger partial charge >= 0.3 is 0 Å². The van der Waals surface area contributed by atoms with Crippen molar-refractivity contribution in [1.82, 2.24) is 10.2 Å². The Labute approximate surface area is 109 Å². The van der Waals surface area contributed by atoms with E-state index in [9.17, 15) is 4.79 Å². The van der Waals surface area contributed by atoms with Gasteiger partial charge in [-0.05, 0) is 37.9 Å². The van der Waals surface area contributed by atoms with Gasteiger partial charge in [0.05, 0.1) is 6.42 Å². The van der Waals surface area contributed by atoms with Crippen molar-refractivity contribution in [2.45, 2.75) is 32.7 Å². The quantitative estimate of drug-likeness (QED) is 0.880. The van der Waals surface area contributed by atoms with Crippen LogP contribution in [0.25, 0.3) is 0 Å². The smallest absolute Gasteiger partial charge is 0.227 e. The van der Waals surface area contributed by atoms with Gasteiger partial charge in [0, 0.05) is 19.6 Å². The molecule has 0 unspecified atom stereocenters. The monoisotopic (exact) mass is 246 g/mol. The lowest BCUT2D eigenvalue weighted by molar-refractivity contribution is -0.130. The van der Waals surface area contributed by atoms with Crippen molar-refractivity contribution in [1.29, 1.82) is 0 Å². The number of nitrogens with zero attached hydrogens (tertiary/aromatic N) is 1. The predicted octanol–water partition coefficient (Wildman–Crippen LogP) is 1.67. The van der Waals surface area contributed by atoms with Crippen LogP contribution < -0.4 is 5.32 Å². The Morgan fingerprint density at radius 1 is 1.44 bits per heavy atom. The second-order valence-corrected chi connectivity index (χ2v) is 5.26. The van der Waals surface area contributed by atoms with Crippen LogP contribution in [0.5, 0.6) is 0 Å². The lowest BCUT2D eigenvalue weighted by Crippen LogP contribution is -2.39. The third-order valence-corrected chi connectivity index (χ3v) is 3.82. The molecule has 1 aromatic rings. The van der Waals surface area contributed by atoms with E-state index in [0.29, 0.717) is 12.5 Å². The average Bonchev–Trinajstić information content (AvgIpc) is 2.86. The summed E-state index contributed by atoms with van der Waals surface area (Å²) in [6.07, 6.45) is 1.58. The molecular formula is C15H22N2O. The third kappa shape index (κ3) is 2.91. The molecule has 1 aliphatic heterocycles. The highest BCUT2D eigenvalue weighted by atomic mass is 16.2. The van der Waals surface area contributed by atoms with Crippen molar-refractivity contribution in [3.8, 4) is 0 Å². The maximum absolute atomic E-state index is 12.3. The van der Waals surface area contributed by atoms with Gasteiger partial charge in [-0.25, -0.2) is 0 Å². The van der Waals surface area contributed by atoms with Crippen LogP contribution in [0.4, 0.5) is 0 Å². The molecule has 1 heterocycles. The minimum absolute atomic E-state index is 0.220. The van der Waals surface area contributed by atoms with Crippen LogP contribution in [-0.2, 0) is 11.2 Å². The Kier molecular flexibility index (Phi) is 4.02. The van der Waals surface area contributed by atoms with E-state index < -0.39 is 0 Å². The Morgan fingerprint density at radius 2 is 2.22 bits per heavy atom. The molecule has 1 saturated heterocycles. The van der Waals surface area contributed by atoms with Crippen LogP contribution in [0, 0.1) is 13.8 Å². The molecule has 18 heavy (non-hydrogen) atoms. The van der Waals surface area contributed by atoms with Crippen LogP contribution in [0.2, 0.25) is 0 Å². The summed E-state index contributed by atoms with van der Waals surface area (Å²) in [4.78, 5) is 14.2. The maximum atomic E-state index is 12.3. The molecule has 0 spiro atoms. The highest BCUT2D eigenvalue weighted by molar-refractivity contribution is 5.79. The van der Waals surface area contributed by atoms with Crippen LogP contribution >= 0.6 is 0 Å². The van der Waals surface area contributed by atoms with Crippen molar-refractivity contribution < 1.29 is 4.79 Å². The molecule has 1 aromatic carbocycles. The fourth-order valence-electron chi connectivity index (χ4n) is 2.45. The number of amides is 1. The molecule has 0 radical (unpaired) electrons. The van der Waals surface area contributed by atoms with Crippen molar-refractivity contribution in [2.75, 3.05) is 20.1 Å². The molecular weight excluding hydrogens is 224 g/mol. The molecule has 0 aromatic heterocycles. The molecule has 1 atom stereocenters. The second kappa shape index (κ2) is 5.53. The first-order valence-electron chi connectivity index (χ1n) is 6.60. The van der Waals surface area contributed by atoms with Gasteiger partial charge in [0.15, 0.2) is 0 Å². The van der Waals surface area contributed by atoms with Crippen LogP contribution in [0.1, 0.15) is 23.1 Å². The summed E-state index contributed by atoms with van der Waals surface area (Å²) in [5, 5.41) is 3.30. The number of carbonyl (C=O) groups is 1. The first-order chi connectivity index (χ1) is 8.58. The van der Waals surface area contributed by atoms with Crippen molar-refractivity contribution in [3.63, 3.8) is 0 Å². The SMILES string of the molecule is Cc1ccc(C)c(CC(=O)N(C)[C@H]2CCNC2)c1. The first kappa shape index (κ1) is 13.1. The topological polar surface area (TPSA) is 32.3 Å². The largest absolute Gasteiger partial charge is 0.341 e. The highest BCUT2D eigenvalue weighted by Gasteiger charge is 2.23. The number of aryl methyl sites for hydroxylation is 2. The van der Waals surface area contributed by atoms with Gasteiger partial charge < -0.3 is 10.2 Å². The van der Waals surface area contributed by atoms with E-state index in [-0.39, 0.29) is 5.91 Å². The van der Waals surface area contributed by atoms with E-state index in [2.05, 4.69) is 37.4 Å². The molecule has 0 saturated carbocycles. The van der Waals surface area contributed by atoms with Gasteiger partial charge in [-0.2, -0.15) is 0 Å². The molecule has 98 valence electrons. The van der Waals surface area contributed by atoms with Crippen molar-refractivity contribution in [2.24, 2.45) is 0 Å². The maximum Gasteiger partial charge on any atom is 0.227 e. The zero-order valence-corrected chi connectivity index (χ0v) is 11.5. The van der Waals surface area contributed by atoms with Crippen LogP contribution in [0.15, 0.2) is 18.2 Å². The molecule has 3 nitrogen and oxygen atoms in total. The van der Waals surface area contributed by atoms with E-state index in [1.165, 1.54) is 11.1 Å². The van der Waals surface area contributed by atoms with Gasteiger partial charge in [-0.15, -0.1) is 0 Å². The summed E-state index contributed by atoms with van der Waals surface area (Å²) in [5.41, 5.74) is 3.57. The molecule has 1 aliphatic rings. The molecule has 1 N–H and O–H groups in total. The lowest BCUT2D eigenvalue weighted by Gasteiger charge is -2.24. The fourth-order valence-corrected chi connectivity index (χ4v) is 2.45. The summed E-state index contributed by atoms with van der Waals surface area (Å²) in [5.74, 6) is 0.220. The number of hydrogen-bond donors (Lipinski definition) is 1. The van der Waals surface area contributed by atoms with E-state index in [4.69, 9.17) is 0 Å². The summed E-state index contributed by atoms with van der Waals surface area (Å²) >= 11 is 0. The first-order valence-corrected chi connectivity index (χ1v) is 6.60. The summed E-state index contributed by atoms with van der Waals surface area (Å²) in [6.45, 7) is 6.08. The fraction of sp³-hybridized carbons (Fsp3) is 0.533. The number of nitrogens with one attached hydrogen (secondary N) is 1. The Balaban J connectivity index is 2.03. The minimum Gasteiger partial charge on any atom is -0.341 e. The molecule has 0 aliphatic carbocycles. The van der Waals surface area contributed by atoms with Gasteiger partial charge in [-0.1, -0.05) is 23.8 Å². The van der Waals surface area contributed by atoms with Gasteiger partial charge in [0.25, 0.3) is 0 Å². The summed E-state index contributed by atoms with van der Waals surface area (Å²) in [7, 11) is 1.92. The standard InChI is InChI=1S/C15H22N2O/c1-11-4-5-12(2)13(8-11)9-15(18)17(3)14-6-7-16-10-14/h4-5,8,14,16H,6-7,9-10H2,1-3H3/t14-/m0/s1. The number of rotatable bonds is 3. The Hall–Kier alpha value is -1.35. The van der Waals surface area contributed by atoms with Gasteiger partial charge in [0.1, 0.15) is 0 Å². The normalized spacial score (nSPS) is 18.9. The predicted molar refractivity (Wildman–Crippen MR) is 73.7 cm³/mol. The highest BCUT2D eigenvalue weighted by Crippen LogP contribution is 2.14. The molecule has 2 rings (SSSR count). The summed E-state index contributed by atoms with van der Waals surface area (Å²) in [6, 6.07) is 6.67. The molecule has 3 heteroatoms. The van der Waals surface area contributed by atoms with E-state index >= 15 is 0 Å². The second-order valence-electron chi connectivity index (χ2n) is 5.26. The van der Waals surface area contributed by atoms with E-state index in [1.54, 1.807) is 0 Å². The van der Waals surface area contributed by atoms with E-state index in [0.717, 1.165) is 25.1 Å². The molecule has 1 amide bonds. The number of benzene rings is 1. The minimum atomic E-state index is 0.220. The average molecular weight is 246 g/mol. The number of hydrogen-bond acceptors (Lipinski definition) is 2. The van der Waals surface area contributed by atoms with Gasteiger partial charge in [0.2, 0.25) is 5.91 Å². The number of likely N-dealkylation sites (N-methyl/N-ethyl adjacent to an activating group) is 1. The van der Waals surface area contributed by atoms with Crippen molar-refractivity contribution >= 4 is 5.91 Å². The van der Waals surface area contributed by atoms with Crippen molar-refractivity contribution in [3.05, 3.63) is 34.9 Å². The zero-order chi connectivity index (χ0) is 13.1. The van der Waals surface area contributed by atoms with Crippen LogP contribution in [0.3, 0.4) is 0 Å². The summed E-state index contributed by atoms with van der Waals surface area (Å²) < 4.78 is 0. The lowest BCUT2D eigenvalue weighted by atomic mass is 10.0.